The van der Waals surface area contributed by atoms with Crippen LogP contribution in [0.1, 0.15) is 5.56 Å². The lowest BCUT2D eigenvalue weighted by atomic mass is 10.1. The van der Waals surface area contributed by atoms with Gasteiger partial charge in [0.25, 0.3) is 0 Å². The predicted molar refractivity (Wildman–Crippen MR) is 74.1 cm³/mol. The van der Waals surface area contributed by atoms with Crippen LogP contribution in [0.2, 0.25) is 5.28 Å². The zero-order chi connectivity index (χ0) is 16.3. The molecule has 0 atom stereocenters. The van der Waals surface area contributed by atoms with Crippen LogP contribution in [0.5, 0.6) is 0 Å². The van der Waals surface area contributed by atoms with E-state index in [0.717, 1.165) is 12.1 Å². The molecule has 0 saturated carbocycles. The molecule has 3 N–H and O–H groups in total. The van der Waals surface area contributed by atoms with Crippen LogP contribution in [-0.4, -0.2) is 34.3 Å². The smallest absolute Gasteiger partial charge is 0.416 e. The number of fused-ring (bicyclic) bond motifs is 1. The molecule has 0 aliphatic heterocycles. The molecule has 0 radical (unpaired) electrons. The standard InChI is InChI=1S/C12H10ClF3N4O2/c13-10-19-8-5-6(12(14,15)16)1-2-7(8)9(20-10)17-3-4-18-11(21)22/h1-2,5,18H,3-4H2,(H,21,22)(H,17,19,20). The second-order valence-electron chi connectivity index (χ2n) is 4.23. The van der Waals surface area contributed by atoms with E-state index in [1.54, 1.807) is 0 Å². The monoisotopic (exact) mass is 334 g/mol. The molecule has 0 spiro atoms. The molecule has 118 valence electrons. The maximum atomic E-state index is 12.7. The maximum absolute atomic E-state index is 12.7. The first kappa shape index (κ1) is 16.1. The number of carbonyl (C=O) groups is 1. The Hall–Kier alpha value is -2.29. The minimum Gasteiger partial charge on any atom is -0.465 e. The summed E-state index contributed by atoms with van der Waals surface area (Å²) in [5.74, 6) is 0.232. The number of alkyl halides is 3. The molecule has 0 unspecified atom stereocenters. The molecule has 1 aromatic heterocycles. The first-order valence-corrected chi connectivity index (χ1v) is 6.40. The van der Waals surface area contributed by atoms with E-state index in [2.05, 4.69) is 20.6 Å². The Bertz CT molecular complexity index is 709. The average molecular weight is 335 g/mol. The highest BCUT2D eigenvalue weighted by Gasteiger charge is 2.30. The largest absolute Gasteiger partial charge is 0.465 e. The Labute approximate surface area is 127 Å². The topological polar surface area (TPSA) is 87.1 Å². The third kappa shape index (κ3) is 3.88. The third-order valence-corrected chi connectivity index (χ3v) is 2.86. The van der Waals surface area contributed by atoms with Crippen LogP contribution >= 0.6 is 11.6 Å². The molecule has 2 rings (SSSR count). The van der Waals surface area contributed by atoms with Gasteiger partial charge in [-0.25, -0.2) is 14.8 Å². The van der Waals surface area contributed by atoms with E-state index < -0.39 is 17.8 Å². The number of hydrogen-bond acceptors (Lipinski definition) is 4. The van der Waals surface area contributed by atoms with E-state index in [9.17, 15) is 18.0 Å². The molecule has 2 aromatic rings. The maximum Gasteiger partial charge on any atom is 0.416 e. The molecule has 0 fully saturated rings. The molecule has 0 saturated heterocycles. The molecule has 10 heteroatoms. The summed E-state index contributed by atoms with van der Waals surface area (Å²) in [7, 11) is 0. The van der Waals surface area contributed by atoms with Crippen molar-refractivity contribution >= 4 is 34.4 Å². The van der Waals surface area contributed by atoms with Gasteiger partial charge >= 0.3 is 12.3 Å². The van der Waals surface area contributed by atoms with Crippen LogP contribution in [0.25, 0.3) is 10.9 Å². The van der Waals surface area contributed by atoms with E-state index in [-0.39, 0.29) is 29.7 Å². The summed E-state index contributed by atoms with van der Waals surface area (Å²) < 4.78 is 38.1. The summed E-state index contributed by atoms with van der Waals surface area (Å²) in [6, 6.07) is 3.03. The van der Waals surface area contributed by atoms with Gasteiger partial charge in [-0.3, -0.25) is 0 Å². The van der Waals surface area contributed by atoms with Gasteiger partial charge in [-0.2, -0.15) is 13.2 Å². The Morgan fingerprint density at radius 3 is 2.64 bits per heavy atom. The van der Waals surface area contributed by atoms with Gasteiger partial charge in [-0.05, 0) is 29.8 Å². The summed E-state index contributed by atoms with van der Waals surface area (Å²) in [5.41, 5.74) is -0.795. The fraction of sp³-hybridized carbons (Fsp3) is 0.250. The van der Waals surface area contributed by atoms with E-state index in [1.807, 2.05) is 0 Å². The minimum atomic E-state index is -4.48. The van der Waals surface area contributed by atoms with Gasteiger partial charge in [0.2, 0.25) is 5.28 Å². The summed E-state index contributed by atoms with van der Waals surface area (Å²) in [4.78, 5) is 18.0. The van der Waals surface area contributed by atoms with Crippen molar-refractivity contribution in [3.8, 4) is 0 Å². The molecule has 6 nitrogen and oxygen atoms in total. The second-order valence-corrected chi connectivity index (χ2v) is 4.57. The van der Waals surface area contributed by atoms with Crippen molar-refractivity contribution in [1.29, 1.82) is 0 Å². The van der Waals surface area contributed by atoms with Crippen molar-refractivity contribution in [3.05, 3.63) is 29.0 Å². The fourth-order valence-electron chi connectivity index (χ4n) is 1.76. The Morgan fingerprint density at radius 2 is 2.00 bits per heavy atom. The number of hydrogen-bond donors (Lipinski definition) is 3. The third-order valence-electron chi connectivity index (χ3n) is 2.69. The number of benzene rings is 1. The summed E-state index contributed by atoms with van der Waals surface area (Å²) in [6.45, 7) is 0.287. The van der Waals surface area contributed by atoms with Crippen LogP contribution in [-0.2, 0) is 6.18 Å². The second kappa shape index (κ2) is 6.22. The normalized spacial score (nSPS) is 11.5. The van der Waals surface area contributed by atoms with E-state index in [4.69, 9.17) is 16.7 Å². The summed E-state index contributed by atoms with van der Waals surface area (Å²) in [5, 5.41) is 13.5. The quantitative estimate of drug-likeness (QED) is 0.591. The Balaban J connectivity index is 2.28. The van der Waals surface area contributed by atoms with Gasteiger partial charge in [0.05, 0.1) is 11.1 Å². The number of halogens is 4. The molecule has 22 heavy (non-hydrogen) atoms. The van der Waals surface area contributed by atoms with E-state index >= 15 is 0 Å². The Kier molecular flexibility index (Phi) is 4.55. The van der Waals surface area contributed by atoms with Gasteiger partial charge in [0.15, 0.2) is 0 Å². The number of carboxylic acid groups (broad SMARTS) is 1. The molecule has 1 aromatic carbocycles. The van der Waals surface area contributed by atoms with Crippen molar-refractivity contribution in [2.75, 3.05) is 18.4 Å². The fourth-order valence-corrected chi connectivity index (χ4v) is 1.94. The minimum absolute atomic E-state index is 0.0449. The zero-order valence-corrected chi connectivity index (χ0v) is 11.7. The lowest BCUT2D eigenvalue weighted by molar-refractivity contribution is -0.137. The number of amides is 1. The first-order valence-electron chi connectivity index (χ1n) is 6.02. The van der Waals surface area contributed by atoms with Gasteiger partial charge in [0.1, 0.15) is 5.82 Å². The average Bonchev–Trinajstić information content (AvgIpc) is 2.41. The molecule has 0 aliphatic rings. The molecule has 1 amide bonds. The van der Waals surface area contributed by atoms with Crippen molar-refractivity contribution in [2.45, 2.75) is 6.18 Å². The van der Waals surface area contributed by atoms with Gasteiger partial charge in [-0.15, -0.1) is 0 Å². The van der Waals surface area contributed by atoms with Gasteiger partial charge < -0.3 is 15.7 Å². The van der Waals surface area contributed by atoms with E-state index in [1.165, 1.54) is 6.07 Å². The van der Waals surface area contributed by atoms with Crippen LogP contribution < -0.4 is 10.6 Å². The summed E-state index contributed by atoms with van der Waals surface area (Å²) in [6.07, 6.45) is -5.66. The number of anilines is 1. The number of nitrogens with zero attached hydrogens (tertiary/aromatic N) is 2. The van der Waals surface area contributed by atoms with Gasteiger partial charge in [0, 0.05) is 18.5 Å². The van der Waals surface area contributed by atoms with Crippen LogP contribution in [0.15, 0.2) is 18.2 Å². The highest BCUT2D eigenvalue weighted by atomic mass is 35.5. The summed E-state index contributed by atoms with van der Waals surface area (Å²) >= 11 is 5.70. The number of aromatic nitrogens is 2. The highest BCUT2D eigenvalue weighted by molar-refractivity contribution is 6.28. The SMILES string of the molecule is O=C(O)NCCNc1nc(Cl)nc2cc(C(F)(F)F)ccc12. The van der Waals surface area contributed by atoms with Gasteiger partial charge in [-0.1, -0.05) is 0 Å². The molecular weight excluding hydrogens is 325 g/mol. The van der Waals surface area contributed by atoms with Crippen LogP contribution in [0.3, 0.4) is 0 Å². The van der Waals surface area contributed by atoms with Crippen LogP contribution in [0.4, 0.5) is 23.8 Å². The highest BCUT2D eigenvalue weighted by Crippen LogP contribution is 2.32. The molecular formula is C12H10ClF3N4O2. The number of rotatable bonds is 4. The van der Waals surface area contributed by atoms with Crippen LogP contribution in [0, 0.1) is 0 Å². The molecule has 0 aliphatic carbocycles. The molecule has 1 heterocycles. The van der Waals surface area contributed by atoms with Crippen molar-refractivity contribution in [3.63, 3.8) is 0 Å². The molecule has 0 bridgehead atoms. The van der Waals surface area contributed by atoms with E-state index in [0.29, 0.717) is 5.39 Å². The lowest BCUT2D eigenvalue weighted by Gasteiger charge is -2.11. The first-order chi connectivity index (χ1) is 10.3. The zero-order valence-electron chi connectivity index (χ0n) is 10.9. The van der Waals surface area contributed by atoms with Crippen molar-refractivity contribution in [1.82, 2.24) is 15.3 Å². The van der Waals surface area contributed by atoms with Crippen molar-refractivity contribution < 1.29 is 23.1 Å². The lowest BCUT2D eigenvalue weighted by Crippen LogP contribution is -2.27. The number of nitrogens with one attached hydrogen (secondary N) is 2. The predicted octanol–water partition coefficient (Wildman–Crippen LogP) is 2.98. The Morgan fingerprint density at radius 1 is 1.27 bits per heavy atom. The van der Waals surface area contributed by atoms with Crippen molar-refractivity contribution in [2.24, 2.45) is 0 Å².